The third-order valence-electron chi connectivity index (χ3n) is 3.31. The fraction of sp³-hybridized carbons (Fsp3) is 0.250. The lowest BCUT2D eigenvalue weighted by Crippen LogP contribution is -2.20. The van der Waals surface area contributed by atoms with Gasteiger partial charge in [-0.3, -0.25) is 0 Å². The number of ether oxygens (including phenoxy) is 1. The summed E-state index contributed by atoms with van der Waals surface area (Å²) in [6.07, 6.45) is 0. The van der Waals surface area contributed by atoms with Crippen LogP contribution in [0.1, 0.15) is 22.7 Å². The van der Waals surface area contributed by atoms with Crippen molar-refractivity contribution in [2.45, 2.75) is 13.0 Å². The molecule has 2 aromatic carbocycles. The average molecular weight is 259 g/mol. The number of aryl methyl sites for hydroxylation is 1. The number of methoxy groups -OCH3 is 1. The summed E-state index contributed by atoms with van der Waals surface area (Å²) in [6, 6.07) is 13.0. The average Bonchev–Trinajstić information content (AvgIpc) is 2.43. The minimum absolute atomic E-state index is 0.184. The van der Waals surface area contributed by atoms with Gasteiger partial charge in [-0.15, -0.1) is 0 Å². The van der Waals surface area contributed by atoms with Gasteiger partial charge in [0, 0.05) is 5.56 Å². The van der Waals surface area contributed by atoms with Crippen molar-refractivity contribution in [3.05, 3.63) is 65.0 Å². The normalized spacial score (nSPS) is 12.2. The van der Waals surface area contributed by atoms with Crippen LogP contribution in [0, 0.1) is 12.7 Å². The van der Waals surface area contributed by atoms with Gasteiger partial charge in [0.2, 0.25) is 0 Å². The zero-order valence-electron chi connectivity index (χ0n) is 11.4. The molecule has 0 heterocycles. The summed E-state index contributed by atoms with van der Waals surface area (Å²) in [4.78, 5) is 0. The highest BCUT2D eigenvalue weighted by Crippen LogP contribution is 2.30. The predicted octanol–water partition coefficient (Wildman–Crippen LogP) is 3.45. The molecule has 2 rings (SSSR count). The van der Waals surface area contributed by atoms with E-state index >= 15 is 0 Å². The van der Waals surface area contributed by atoms with Crippen molar-refractivity contribution in [3.8, 4) is 5.75 Å². The van der Waals surface area contributed by atoms with E-state index in [-0.39, 0.29) is 17.6 Å². The maximum absolute atomic E-state index is 14.4. The lowest BCUT2D eigenvalue weighted by molar-refractivity contribution is 0.382. The summed E-state index contributed by atoms with van der Waals surface area (Å²) in [5, 5.41) is 3.17. The molecular weight excluding hydrogens is 241 g/mol. The van der Waals surface area contributed by atoms with Gasteiger partial charge in [-0.05, 0) is 31.2 Å². The van der Waals surface area contributed by atoms with Crippen LogP contribution in [-0.2, 0) is 0 Å². The highest BCUT2D eigenvalue weighted by Gasteiger charge is 2.19. The van der Waals surface area contributed by atoms with Crippen LogP contribution in [0.25, 0.3) is 0 Å². The van der Waals surface area contributed by atoms with Crippen molar-refractivity contribution in [2.24, 2.45) is 0 Å². The SMILES string of the molecule is CNC(c1ccccc1C)c1cccc(OC)c1F. The minimum Gasteiger partial charge on any atom is -0.494 e. The molecule has 1 atom stereocenters. The molecule has 0 saturated heterocycles. The molecule has 0 bridgehead atoms. The zero-order valence-corrected chi connectivity index (χ0v) is 11.4. The number of hydrogen-bond acceptors (Lipinski definition) is 2. The van der Waals surface area contributed by atoms with Gasteiger partial charge in [0.05, 0.1) is 13.2 Å². The fourth-order valence-corrected chi connectivity index (χ4v) is 2.30. The molecule has 1 unspecified atom stereocenters. The molecule has 3 heteroatoms. The Hall–Kier alpha value is -1.87. The van der Waals surface area contributed by atoms with Gasteiger partial charge in [-0.2, -0.15) is 0 Å². The number of hydrogen-bond donors (Lipinski definition) is 1. The van der Waals surface area contributed by atoms with Crippen molar-refractivity contribution in [2.75, 3.05) is 14.2 Å². The van der Waals surface area contributed by atoms with Crippen LogP contribution < -0.4 is 10.1 Å². The largest absolute Gasteiger partial charge is 0.494 e. The Bertz CT molecular complexity index is 568. The topological polar surface area (TPSA) is 21.3 Å². The molecular formula is C16H18FNO. The van der Waals surface area contributed by atoms with E-state index in [9.17, 15) is 4.39 Å². The number of nitrogens with one attached hydrogen (secondary N) is 1. The molecule has 0 aliphatic heterocycles. The first-order valence-electron chi connectivity index (χ1n) is 6.24. The van der Waals surface area contributed by atoms with Crippen LogP contribution >= 0.6 is 0 Å². The number of rotatable bonds is 4. The third kappa shape index (κ3) is 2.61. The minimum atomic E-state index is -0.312. The molecule has 100 valence electrons. The van der Waals surface area contributed by atoms with E-state index in [1.54, 1.807) is 18.2 Å². The van der Waals surface area contributed by atoms with Crippen molar-refractivity contribution in [1.82, 2.24) is 5.32 Å². The highest BCUT2D eigenvalue weighted by atomic mass is 19.1. The second kappa shape index (κ2) is 5.85. The molecule has 0 amide bonds. The van der Waals surface area contributed by atoms with Crippen molar-refractivity contribution >= 4 is 0 Å². The first-order chi connectivity index (χ1) is 9.19. The van der Waals surface area contributed by atoms with Crippen molar-refractivity contribution in [3.63, 3.8) is 0 Å². The second-order valence-corrected chi connectivity index (χ2v) is 4.44. The molecule has 0 fully saturated rings. The molecule has 0 aliphatic rings. The maximum Gasteiger partial charge on any atom is 0.170 e. The Balaban J connectivity index is 2.52. The van der Waals surface area contributed by atoms with Crippen molar-refractivity contribution < 1.29 is 9.13 Å². The summed E-state index contributed by atoms with van der Waals surface area (Å²) < 4.78 is 19.4. The quantitative estimate of drug-likeness (QED) is 0.908. The molecule has 2 nitrogen and oxygen atoms in total. The molecule has 0 aliphatic carbocycles. The zero-order chi connectivity index (χ0) is 13.8. The van der Waals surface area contributed by atoms with E-state index < -0.39 is 0 Å². The molecule has 0 aromatic heterocycles. The number of halogens is 1. The van der Waals surface area contributed by atoms with E-state index in [0.717, 1.165) is 11.1 Å². The van der Waals surface area contributed by atoms with E-state index in [4.69, 9.17) is 4.74 Å². The molecule has 0 spiro atoms. The van der Waals surface area contributed by atoms with Gasteiger partial charge < -0.3 is 10.1 Å². The maximum atomic E-state index is 14.4. The van der Waals surface area contributed by atoms with Crippen LogP contribution in [0.4, 0.5) is 4.39 Å². The first-order valence-corrected chi connectivity index (χ1v) is 6.24. The highest BCUT2D eigenvalue weighted by molar-refractivity contribution is 5.41. The Morgan fingerprint density at radius 1 is 1.05 bits per heavy atom. The Morgan fingerprint density at radius 2 is 1.74 bits per heavy atom. The molecule has 1 N–H and O–H groups in total. The van der Waals surface area contributed by atoms with E-state index in [1.807, 2.05) is 38.2 Å². The van der Waals surface area contributed by atoms with Gasteiger partial charge >= 0.3 is 0 Å². The molecule has 19 heavy (non-hydrogen) atoms. The predicted molar refractivity (Wildman–Crippen MR) is 75.0 cm³/mol. The second-order valence-electron chi connectivity index (χ2n) is 4.44. The van der Waals surface area contributed by atoms with Crippen LogP contribution in [0.2, 0.25) is 0 Å². The van der Waals surface area contributed by atoms with Crippen LogP contribution in [0.5, 0.6) is 5.75 Å². The van der Waals surface area contributed by atoms with E-state index in [0.29, 0.717) is 5.56 Å². The summed E-state index contributed by atoms with van der Waals surface area (Å²) >= 11 is 0. The summed E-state index contributed by atoms with van der Waals surface area (Å²) in [6.45, 7) is 2.03. The van der Waals surface area contributed by atoms with Gasteiger partial charge in [-0.1, -0.05) is 36.4 Å². The molecule has 2 aromatic rings. The summed E-state index contributed by atoms with van der Waals surface area (Å²) in [5.74, 6) is -0.0427. The van der Waals surface area contributed by atoms with Crippen molar-refractivity contribution in [1.29, 1.82) is 0 Å². The van der Waals surface area contributed by atoms with E-state index in [2.05, 4.69) is 5.32 Å². The van der Waals surface area contributed by atoms with Gasteiger partial charge in [-0.25, -0.2) is 4.39 Å². The summed E-state index contributed by atoms with van der Waals surface area (Å²) in [5.41, 5.74) is 2.79. The third-order valence-corrected chi connectivity index (χ3v) is 3.31. The van der Waals surface area contributed by atoms with Gasteiger partial charge in [0.25, 0.3) is 0 Å². The number of benzene rings is 2. The smallest absolute Gasteiger partial charge is 0.170 e. The Labute approximate surface area is 113 Å². The van der Waals surface area contributed by atoms with Crippen LogP contribution in [0.15, 0.2) is 42.5 Å². The Morgan fingerprint density at radius 3 is 2.37 bits per heavy atom. The van der Waals surface area contributed by atoms with Crippen LogP contribution in [-0.4, -0.2) is 14.2 Å². The Kier molecular flexibility index (Phi) is 4.17. The molecule has 0 saturated carbocycles. The van der Waals surface area contributed by atoms with Crippen LogP contribution in [0.3, 0.4) is 0 Å². The summed E-state index contributed by atoms with van der Waals surface area (Å²) in [7, 11) is 3.31. The van der Waals surface area contributed by atoms with E-state index in [1.165, 1.54) is 7.11 Å². The first kappa shape index (κ1) is 13.6. The van der Waals surface area contributed by atoms with Gasteiger partial charge in [0.1, 0.15) is 0 Å². The lowest BCUT2D eigenvalue weighted by atomic mass is 9.94. The van der Waals surface area contributed by atoms with Gasteiger partial charge in [0.15, 0.2) is 11.6 Å². The fourth-order valence-electron chi connectivity index (χ4n) is 2.30. The standard InChI is InChI=1S/C16H18FNO/c1-11-7-4-5-8-12(11)16(18-2)13-9-6-10-14(19-3)15(13)17/h4-10,16,18H,1-3H3. The lowest BCUT2D eigenvalue weighted by Gasteiger charge is -2.20. The molecule has 0 radical (unpaired) electrons. The monoisotopic (exact) mass is 259 g/mol.